The number of nitrogens with zero attached hydrogens (tertiary/aromatic N) is 1. The SMILES string of the molecule is N#CCCOC(=O)CCN. The fourth-order valence-corrected chi connectivity index (χ4v) is 0.401. The van der Waals surface area contributed by atoms with Crippen molar-refractivity contribution in [2.75, 3.05) is 13.2 Å². The number of nitrogens with two attached hydrogens (primary N) is 1. The Labute approximate surface area is 59.6 Å². The van der Waals surface area contributed by atoms with Crippen LogP contribution in [0.2, 0.25) is 0 Å². The lowest BCUT2D eigenvalue weighted by Crippen LogP contribution is -2.11. The summed E-state index contributed by atoms with van der Waals surface area (Å²) in [7, 11) is 0. The van der Waals surface area contributed by atoms with E-state index in [9.17, 15) is 4.79 Å². The molecule has 0 atom stereocenters. The molecule has 0 aromatic heterocycles. The highest BCUT2D eigenvalue weighted by atomic mass is 16.5. The summed E-state index contributed by atoms with van der Waals surface area (Å²) >= 11 is 0. The van der Waals surface area contributed by atoms with E-state index in [0.29, 0.717) is 6.54 Å². The summed E-state index contributed by atoms with van der Waals surface area (Å²) in [6.45, 7) is 0.473. The van der Waals surface area contributed by atoms with E-state index < -0.39 is 0 Å². The van der Waals surface area contributed by atoms with E-state index in [0.717, 1.165) is 0 Å². The lowest BCUT2D eigenvalue weighted by molar-refractivity contribution is -0.143. The Morgan fingerprint density at radius 1 is 1.70 bits per heavy atom. The lowest BCUT2D eigenvalue weighted by Gasteiger charge is -1.98. The highest BCUT2D eigenvalue weighted by Crippen LogP contribution is 1.85. The van der Waals surface area contributed by atoms with Gasteiger partial charge in [0.1, 0.15) is 6.61 Å². The van der Waals surface area contributed by atoms with Gasteiger partial charge in [-0.25, -0.2) is 0 Å². The fourth-order valence-electron chi connectivity index (χ4n) is 0.401. The van der Waals surface area contributed by atoms with Gasteiger partial charge < -0.3 is 10.5 Å². The number of hydrogen-bond acceptors (Lipinski definition) is 4. The van der Waals surface area contributed by atoms with E-state index in [1.807, 2.05) is 6.07 Å². The summed E-state index contributed by atoms with van der Waals surface area (Å²) in [5.74, 6) is -0.335. The Hall–Kier alpha value is -1.08. The number of hydrogen-bond donors (Lipinski definition) is 1. The number of ether oxygens (including phenoxy) is 1. The van der Waals surface area contributed by atoms with Crippen LogP contribution in [0, 0.1) is 11.3 Å². The van der Waals surface area contributed by atoms with Crippen LogP contribution in [0.15, 0.2) is 0 Å². The summed E-state index contributed by atoms with van der Waals surface area (Å²) in [4.78, 5) is 10.5. The molecule has 0 radical (unpaired) electrons. The van der Waals surface area contributed by atoms with E-state index in [1.54, 1.807) is 0 Å². The predicted octanol–water partition coefficient (Wildman–Crippen LogP) is -0.208. The maximum Gasteiger partial charge on any atom is 0.307 e. The number of nitriles is 1. The number of carbonyl (C=O) groups excluding carboxylic acids is 1. The fraction of sp³-hybridized carbons (Fsp3) is 0.667. The molecule has 0 unspecified atom stereocenters. The average Bonchev–Trinajstić information content (AvgIpc) is 1.89. The minimum atomic E-state index is -0.335. The predicted molar refractivity (Wildman–Crippen MR) is 34.9 cm³/mol. The van der Waals surface area contributed by atoms with Crippen molar-refractivity contribution in [3.63, 3.8) is 0 Å². The molecular formula is C6H10N2O2. The molecule has 0 bridgehead atoms. The molecule has 0 aromatic rings. The summed E-state index contributed by atoms with van der Waals surface area (Å²) in [6, 6.07) is 1.86. The molecule has 0 amide bonds. The normalized spacial score (nSPS) is 8.40. The zero-order valence-corrected chi connectivity index (χ0v) is 5.67. The van der Waals surface area contributed by atoms with Gasteiger partial charge in [-0.2, -0.15) is 5.26 Å². The van der Waals surface area contributed by atoms with Crippen LogP contribution in [-0.4, -0.2) is 19.1 Å². The molecule has 2 N–H and O–H groups in total. The molecule has 0 aliphatic carbocycles. The van der Waals surface area contributed by atoms with Crippen molar-refractivity contribution in [2.24, 2.45) is 5.73 Å². The maximum absolute atomic E-state index is 10.5. The zero-order chi connectivity index (χ0) is 7.82. The van der Waals surface area contributed by atoms with Crippen LogP contribution in [0.3, 0.4) is 0 Å². The number of rotatable bonds is 4. The molecule has 4 heteroatoms. The van der Waals surface area contributed by atoms with Crippen molar-refractivity contribution in [2.45, 2.75) is 12.8 Å². The van der Waals surface area contributed by atoms with E-state index in [1.165, 1.54) is 0 Å². The molecule has 0 saturated heterocycles. The first kappa shape index (κ1) is 8.92. The van der Waals surface area contributed by atoms with Crippen LogP contribution in [0.4, 0.5) is 0 Å². The van der Waals surface area contributed by atoms with Gasteiger partial charge in [0.15, 0.2) is 0 Å². The quantitative estimate of drug-likeness (QED) is 0.435. The van der Waals surface area contributed by atoms with E-state index in [-0.39, 0.29) is 25.4 Å². The minimum absolute atomic E-state index is 0.176. The Morgan fingerprint density at radius 3 is 2.90 bits per heavy atom. The smallest absolute Gasteiger partial charge is 0.307 e. The topological polar surface area (TPSA) is 76.1 Å². The van der Waals surface area contributed by atoms with Crippen molar-refractivity contribution < 1.29 is 9.53 Å². The third kappa shape index (κ3) is 5.06. The van der Waals surface area contributed by atoms with Crippen LogP contribution in [0.1, 0.15) is 12.8 Å². The van der Waals surface area contributed by atoms with Crippen LogP contribution in [0.25, 0.3) is 0 Å². The maximum atomic E-state index is 10.5. The van der Waals surface area contributed by atoms with Gasteiger partial charge in [-0.1, -0.05) is 0 Å². The van der Waals surface area contributed by atoms with Crippen molar-refractivity contribution in [1.82, 2.24) is 0 Å². The highest BCUT2D eigenvalue weighted by Gasteiger charge is 1.98. The molecule has 0 heterocycles. The molecule has 0 aromatic carbocycles. The van der Waals surface area contributed by atoms with Gasteiger partial charge in [-0.3, -0.25) is 4.79 Å². The number of carbonyl (C=O) groups is 1. The largest absolute Gasteiger partial charge is 0.465 e. The van der Waals surface area contributed by atoms with Gasteiger partial charge >= 0.3 is 5.97 Å². The van der Waals surface area contributed by atoms with Gasteiger partial charge in [0.2, 0.25) is 0 Å². The van der Waals surface area contributed by atoms with Gasteiger partial charge in [0.25, 0.3) is 0 Å². The summed E-state index contributed by atoms with van der Waals surface area (Å²) in [5, 5.41) is 8.04. The van der Waals surface area contributed by atoms with Crippen LogP contribution in [-0.2, 0) is 9.53 Å². The molecule has 0 aliphatic rings. The third-order valence-electron chi connectivity index (χ3n) is 0.825. The Balaban J connectivity index is 3.15. The van der Waals surface area contributed by atoms with Gasteiger partial charge in [0.05, 0.1) is 18.9 Å². The minimum Gasteiger partial charge on any atom is -0.465 e. The van der Waals surface area contributed by atoms with Crippen LogP contribution in [0.5, 0.6) is 0 Å². The molecule has 10 heavy (non-hydrogen) atoms. The summed E-state index contributed by atoms with van der Waals surface area (Å²) in [5.41, 5.74) is 5.07. The molecule has 56 valence electrons. The van der Waals surface area contributed by atoms with Gasteiger partial charge in [-0.15, -0.1) is 0 Å². The van der Waals surface area contributed by atoms with Crippen LogP contribution < -0.4 is 5.73 Å². The third-order valence-corrected chi connectivity index (χ3v) is 0.825. The van der Waals surface area contributed by atoms with E-state index in [4.69, 9.17) is 11.0 Å². The van der Waals surface area contributed by atoms with E-state index in [2.05, 4.69) is 4.74 Å². The van der Waals surface area contributed by atoms with Crippen molar-refractivity contribution >= 4 is 5.97 Å². The van der Waals surface area contributed by atoms with Crippen molar-refractivity contribution in [1.29, 1.82) is 5.26 Å². The lowest BCUT2D eigenvalue weighted by atomic mass is 10.4. The van der Waals surface area contributed by atoms with Crippen molar-refractivity contribution in [3.8, 4) is 6.07 Å². The molecule has 0 fully saturated rings. The van der Waals surface area contributed by atoms with Crippen molar-refractivity contribution in [3.05, 3.63) is 0 Å². The highest BCUT2D eigenvalue weighted by molar-refractivity contribution is 5.69. The molecule has 0 rings (SSSR count). The van der Waals surface area contributed by atoms with E-state index >= 15 is 0 Å². The monoisotopic (exact) mass is 142 g/mol. The second kappa shape index (κ2) is 6.05. The first-order chi connectivity index (χ1) is 4.81. The Bertz CT molecular complexity index is 139. The van der Waals surface area contributed by atoms with Crippen LogP contribution >= 0.6 is 0 Å². The average molecular weight is 142 g/mol. The first-order valence-electron chi connectivity index (χ1n) is 3.04. The second-order valence-corrected chi connectivity index (χ2v) is 1.67. The molecule has 0 saturated carbocycles. The molecule has 0 spiro atoms. The van der Waals surface area contributed by atoms with Gasteiger partial charge in [0, 0.05) is 6.54 Å². The summed E-state index contributed by atoms with van der Waals surface area (Å²) in [6.07, 6.45) is 0.474. The second-order valence-electron chi connectivity index (χ2n) is 1.67. The summed E-state index contributed by atoms with van der Waals surface area (Å²) < 4.78 is 4.58. The standard InChI is InChI=1S/C6H10N2O2/c7-3-1-5-10-6(9)2-4-8/h1-2,4-5,8H2. The van der Waals surface area contributed by atoms with Gasteiger partial charge in [-0.05, 0) is 0 Å². The number of esters is 1. The zero-order valence-electron chi connectivity index (χ0n) is 5.67. The first-order valence-corrected chi connectivity index (χ1v) is 3.04. The Kier molecular flexibility index (Phi) is 5.39. The molecule has 4 nitrogen and oxygen atoms in total. The molecular weight excluding hydrogens is 132 g/mol. The Morgan fingerprint density at radius 2 is 2.40 bits per heavy atom. The molecule has 0 aliphatic heterocycles.